The van der Waals surface area contributed by atoms with E-state index in [1.54, 1.807) is 11.3 Å². The van der Waals surface area contributed by atoms with Crippen LogP contribution in [0.4, 0.5) is 0 Å². The third-order valence-electron chi connectivity index (χ3n) is 3.71. The van der Waals surface area contributed by atoms with Crippen molar-refractivity contribution in [2.45, 2.75) is 13.8 Å². The SMILES string of the molecule is Cc1sc(C)c(P(=O)(c2ccccc2)c2ccccc2)c1Br. The van der Waals surface area contributed by atoms with E-state index >= 15 is 0 Å². The molecule has 0 atom stereocenters. The Balaban J connectivity index is 2.37. The number of thiophene rings is 1. The van der Waals surface area contributed by atoms with Gasteiger partial charge in [-0.15, -0.1) is 11.3 Å². The third-order valence-corrected chi connectivity index (χ3v) is 9.68. The molecule has 3 rings (SSSR count). The van der Waals surface area contributed by atoms with E-state index in [2.05, 4.69) is 29.8 Å². The second-order valence-electron chi connectivity index (χ2n) is 5.16. The van der Waals surface area contributed by atoms with E-state index in [-0.39, 0.29) is 0 Å². The van der Waals surface area contributed by atoms with E-state index in [1.807, 2.05) is 60.7 Å². The average molecular weight is 391 g/mol. The largest absolute Gasteiger partial charge is 0.309 e. The highest BCUT2D eigenvalue weighted by Gasteiger charge is 2.34. The Morgan fingerprint density at radius 2 is 1.27 bits per heavy atom. The van der Waals surface area contributed by atoms with Gasteiger partial charge in [-0.2, -0.15) is 0 Å². The normalized spacial score (nSPS) is 11.6. The summed E-state index contributed by atoms with van der Waals surface area (Å²) in [6.07, 6.45) is 0. The van der Waals surface area contributed by atoms with Crippen LogP contribution in [-0.4, -0.2) is 0 Å². The molecule has 1 aromatic heterocycles. The summed E-state index contributed by atoms with van der Waals surface area (Å²) < 4.78 is 15.2. The summed E-state index contributed by atoms with van der Waals surface area (Å²) in [4.78, 5) is 2.28. The molecule has 0 radical (unpaired) electrons. The minimum absolute atomic E-state index is 0.878. The molecule has 112 valence electrons. The number of hydrogen-bond acceptors (Lipinski definition) is 2. The molecule has 0 amide bonds. The van der Waals surface area contributed by atoms with Crippen LogP contribution in [0.25, 0.3) is 0 Å². The van der Waals surface area contributed by atoms with Crippen LogP contribution >= 0.6 is 34.4 Å². The van der Waals surface area contributed by atoms with E-state index in [0.717, 1.165) is 25.3 Å². The molecule has 0 fully saturated rings. The second-order valence-corrected chi connectivity index (χ2v) is 10.1. The van der Waals surface area contributed by atoms with Crippen molar-refractivity contribution in [3.8, 4) is 0 Å². The van der Waals surface area contributed by atoms with E-state index in [0.29, 0.717) is 0 Å². The lowest BCUT2D eigenvalue weighted by atomic mass is 10.4. The van der Waals surface area contributed by atoms with Gasteiger partial charge in [0.15, 0.2) is 7.14 Å². The lowest BCUT2D eigenvalue weighted by Crippen LogP contribution is -2.26. The number of benzene rings is 2. The predicted molar refractivity (Wildman–Crippen MR) is 101 cm³/mol. The van der Waals surface area contributed by atoms with Gasteiger partial charge < -0.3 is 4.57 Å². The minimum atomic E-state index is -2.87. The Kier molecular flexibility index (Phi) is 4.40. The van der Waals surface area contributed by atoms with Gasteiger partial charge in [0.1, 0.15) is 0 Å². The van der Waals surface area contributed by atoms with Crippen molar-refractivity contribution in [2.75, 3.05) is 0 Å². The number of aryl methyl sites for hydroxylation is 2. The molecule has 0 bridgehead atoms. The Bertz CT molecular complexity index is 797. The molecule has 0 N–H and O–H groups in total. The van der Waals surface area contributed by atoms with Crippen LogP contribution in [0.5, 0.6) is 0 Å². The highest BCUT2D eigenvalue weighted by molar-refractivity contribution is 9.10. The Labute approximate surface area is 143 Å². The van der Waals surface area contributed by atoms with Gasteiger partial charge in [0.2, 0.25) is 0 Å². The smallest absolute Gasteiger partial charge is 0.173 e. The van der Waals surface area contributed by atoms with Crippen molar-refractivity contribution in [3.63, 3.8) is 0 Å². The molecule has 0 aliphatic rings. The van der Waals surface area contributed by atoms with Gasteiger partial charge in [0.25, 0.3) is 0 Å². The quantitative estimate of drug-likeness (QED) is 0.588. The highest BCUT2D eigenvalue weighted by atomic mass is 79.9. The molecule has 0 saturated carbocycles. The first-order valence-electron chi connectivity index (χ1n) is 7.02. The molecule has 0 unspecified atom stereocenters. The standard InChI is InChI=1S/C18H16BrOPS/c1-13-17(19)18(14(2)22-13)21(20,15-9-5-3-6-10-15)16-11-7-4-8-12-16/h3-12H,1-2H3. The van der Waals surface area contributed by atoms with Crippen LogP contribution in [-0.2, 0) is 4.57 Å². The van der Waals surface area contributed by atoms with Crippen LogP contribution in [0.15, 0.2) is 65.1 Å². The van der Waals surface area contributed by atoms with Gasteiger partial charge in [0.05, 0.1) is 0 Å². The summed E-state index contributed by atoms with van der Waals surface area (Å²) in [6, 6.07) is 19.6. The van der Waals surface area contributed by atoms with Crippen LogP contribution in [0.2, 0.25) is 0 Å². The maximum Gasteiger partial charge on any atom is 0.173 e. The topological polar surface area (TPSA) is 17.1 Å². The fraction of sp³-hybridized carbons (Fsp3) is 0.111. The highest BCUT2D eigenvalue weighted by Crippen LogP contribution is 2.47. The summed E-state index contributed by atoms with van der Waals surface area (Å²) in [7, 11) is -2.87. The summed E-state index contributed by atoms with van der Waals surface area (Å²) in [5.74, 6) is 0. The van der Waals surface area contributed by atoms with Crippen molar-refractivity contribution < 1.29 is 4.57 Å². The fourth-order valence-corrected chi connectivity index (χ4v) is 8.44. The third kappa shape index (κ3) is 2.52. The fourth-order valence-electron chi connectivity index (χ4n) is 2.69. The number of rotatable bonds is 3. The molecule has 22 heavy (non-hydrogen) atoms. The molecule has 2 aromatic carbocycles. The van der Waals surface area contributed by atoms with E-state index in [4.69, 9.17) is 0 Å². The Morgan fingerprint density at radius 3 is 1.64 bits per heavy atom. The second kappa shape index (κ2) is 6.16. The van der Waals surface area contributed by atoms with E-state index < -0.39 is 7.14 Å². The Hall–Kier alpha value is -1.15. The number of hydrogen-bond donors (Lipinski definition) is 0. The van der Waals surface area contributed by atoms with Gasteiger partial charge >= 0.3 is 0 Å². The molecule has 1 nitrogen and oxygen atoms in total. The first kappa shape index (κ1) is 15.7. The van der Waals surface area contributed by atoms with Crippen molar-refractivity contribution in [1.29, 1.82) is 0 Å². The van der Waals surface area contributed by atoms with Gasteiger partial charge in [-0.05, 0) is 29.8 Å². The average Bonchev–Trinajstić information content (AvgIpc) is 2.81. The summed E-state index contributed by atoms with van der Waals surface area (Å²) in [5.41, 5.74) is 0. The van der Waals surface area contributed by atoms with Gasteiger partial charge in [-0.25, -0.2) is 0 Å². The first-order chi connectivity index (χ1) is 10.5. The zero-order valence-corrected chi connectivity index (χ0v) is 15.7. The van der Waals surface area contributed by atoms with E-state index in [1.165, 1.54) is 4.88 Å². The maximum atomic E-state index is 14.2. The molecular formula is C18H16BrOPS. The summed E-state index contributed by atoms with van der Waals surface area (Å²) in [6.45, 7) is 4.11. The molecule has 4 heteroatoms. The first-order valence-corrected chi connectivity index (χ1v) is 10.3. The van der Waals surface area contributed by atoms with Crippen molar-refractivity contribution >= 4 is 50.3 Å². The molecule has 0 saturated heterocycles. The van der Waals surface area contributed by atoms with Crippen LogP contribution in [0, 0.1) is 13.8 Å². The molecule has 3 aromatic rings. The summed E-state index contributed by atoms with van der Waals surface area (Å²) >= 11 is 5.36. The zero-order valence-electron chi connectivity index (χ0n) is 12.4. The lowest BCUT2D eigenvalue weighted by molar-refractivity contribution is 0.592. The molecule has 0 aliphatic heterocycles. The summed E-state index contributed by atoms with van der Waals surface area (Å²) in [5, 5.41) is 2.69. The molecular weight excluding hydrogens is 375 g/mol. The number of halogens is 1. The predicted octanol–water partition coefficient (Wildman–Crippen LogP) is 4.77. The van der Waals surface area contributed by atoms with Gasteiger partial charge in [-0.1, -0.05) is 60.7 Å². The van der Waals surface area contributed by atoms with E-state index in [9.17, 15) is 4.57 Å². The lowest BCUT2D eigenvalue weighted by Gasteiger charge is -2.20. The van der Waals surface area contributed by atoms with Crippen molar-refractivity contribution in [3.05, 3.63) is 74.9 Å². The zero-order chi connectivity index (χ0) is 15.7. The van der Waals surface area contributed by atoms with Gasteiger partial charge in [-0.3, -0.25) is 0 Å². The molecule has 1 heterocycles. The maximum absolute atomic E-state index is 14.2. The molecule has 0 aliphatic carbocycles. The van der Waals surface area contributed by atoms with Crippen molar-refractivity contribution in [1.82, 2.24) is 0 Å². The minimum Gasteiger partial charge on any atom is -0.309 e. The molecule has 0 spiro atoms. The Morgan fingerprint density at radius 1 is 0.818 bits per heavy atom. The van der Waals surface area contributed by atoms with Crippen molar-refractivity contribution in [2.24, 2.45) is 0 Å². The monoisotopic (exact) mass is 390 g/mol. The van der Waals surface area contributed by atoms with Crippen LogP contribution in [0.3, 0.4) is 0 Å². The van der Waals surface area contributed by atoms with Crippen LogP contribution < -0.4 is 15.9 Å². The van der Waals surface area contributed by atoms with Crippen LogP contribution in [0.1, 0.15) is 9.75 Å². The van der Waals surface area contributed by atoms with Gasteiger partial charge in [0, 0.05) is 30.1 Å².